The third-order valence-corrected chi connectivity index (χ3v) is 2.42. The second-order valence-corrected chi connectivity index (χ2v) is 3.50. The maximum absolute atomic E-state index is 12.2. The van der Waals surface area contributed by atoms with Crippen LogP contribution in [0, 0.1) is 5.92 Å². The van der Waals surface area contributed by atoms with Gasteiger partial charge in [-0.1, -0.05) is 26.7 Å². The van der Waals surface area contributed by atoms with Crippen LogP contribution in [0.15, 0.2) is 0 Å². The van der Waals surface area contributed by atoms with Gasteiger partial charge in [-0.2, -0.15) is 0 Å². The SMILES string of the molecule is CCC(CC)CC(=O)NC(CF)C(=O)O. The molecule has 0 radical (unpaired) electrons. The highest BCUT2D eigenvalue weighted by atomic mass is 19.1. The quantitative estimate of drug-likeness (QED) is 0.679. The first-order chi connectivity index (χ1) is 7.04. The van der Waals surface area contributed by atoms with Gasteiger partial charge in [0.25, 0.3) is 0 Å². The summed E-state index contributed by atoms with van der Waals surface area (Å²) >= 11 is 0. The van der Waals surface area contributed by atoms with Crippen molar-refractivity contribution in [2.75, 3.05) is 6.67 Å². The molecule has 5 heteroatoms. The summed E-state index contributed by atoms with van der Waals surface area (Å²) in [7, 11) is 0. The minimum atomic E-state index is -1.41. The molecule has 0 bridgehead atoms. The van der Waals surface area contributed by atoms with E-state index >= 15 is 0 Å². The van der Waals surface area contributed by atoms with Gasteiger partial charge in [0.2, 0.25) is 5.91 Å². The highest BCUT2D eigenvalue weighted by Crippen LogP contribution is 2.11. The number of carboxylic acids is 1. The molecule has 0 aliphatic heterocycles. The number of carbonyl (C=O) groups is 2. The minimum absolute atomic E-state index is 0.235. The van der Waals surface area contributed by atoms with Crippen molar-refractivity contribution in [2.24, 2.45) is 5.92 Å². The molecule has 4 nitrogen and oxygen atoms in total. The lowest BCUT2D eigenvalue weighted by Crippen LogP contribution is -2.42. The van der Waals surface area contributed by atoms with E-state index in [1.165, 1.54) is 0 Å². The van der Waals surface area contributed by atoms with Crippen molar-refractivity contribution in [1.82, 2.24) is 5.32 Å². The molecule has 88 valence electrons. The topological polar surface area (TPSA) is 66.4 Å². The summed E-state index contributed by atoms with van der Waals surface area (Å²) in [6.45, 7) is 2.85. The van der Waals surface area contributed by atoms with Gasteiger partial charge in [-0.3, -0.25) is 4.79 Å². The van der Waals surface area contributed by atoms with Gasteiger partial charge in [-0.25, -0.2) is 9.18 Å². The Morgan fingerprint density at radius 2 is 1.87 bits per heavy atom. The first-order valence-electron chi connectivity index (χ1n) is 5.13. The smallest absolute Gasteiger partial charge is 0.328 e. The monoisotopic (exact) mass is 219 g/mol. The van der Waals surface area contributed by atoms with E-state index in [1.807, 2.05) is 13.8 Å². The number of alkyl halides is 1. The van der Waals surface area contributed by atoms with Crippen LogP contribution >= 0.6 is 0 Å². The van der Waals surface area contributed by atoms with Crippen LogP contribution in [0.5, 0.6) is 0 Å². The first kappa shape index (κ1) is 13.9. The summed E-state index contributed by atoms with van der Waals surface area (Å²) in [6, 6.07) is -1.41. The van der Waals surface area contributed by atoms with Crippen LogP contribution in [0.1, 0.15) is 33.1 Å². The van der Waals surface area contributed by atoms with Crippen molar-refractivity contribution in [2.45, 2.75) is 39.2 Å². The zero-order valence-corrected chi connectivity index (χ0v) is 9.12. The van der Waals surface area contributed by atoms with E-state index in [4.69, 9.17) is 5.11 Å². The number of nitrogens with one attached hydrogen (secondary N) is 1. The number of hydrogen-bond donors (Lipinski definition) is 2. The second kappa shape index (κ2) is 7.20. The third kappa shape index (κ3) is 5.34. The molecular weight excluding hydrogens is 201 g/mol. The fraction of sp³-hybridized carbons (Fsp3) is 0.800. The van der Waals surface area contributed by atoms with E-state index in [-0.39, 0.29) is 12.3 Å². The summed E-state index contributed by atoms with van der Waals surface area (Å²) < 4.78 is 12.2. The number of halogens is 1. The number of carboxylic acid groups (broad SMARTS) is 1. The molecule has 0 fully saturated rings. The minimum Gasteiger partial charge on any atom is -0.480 e. The Balaban J connectivity index is 4.06. The van der Waals surface area contributed by atoms with E-state index in [0.717, 1.165) is 12.8 Å². The lowest BCUT2D eigenvalue weighted by Gasteiger charge is -2.14. The molecule has 15 heavy (non-hydrogen) atoms. The third-order valence-electron chi connectivity index (χ3n) is 2.42. The molecule has 1 atom stereocenters. The Bertz CT molecular complexity index is 217. The predicted molar refractivity (Wildman–Crippen MR) is 54.2 cm³/mol. The van der Waals surface area contributed by atoms with Gasteiger partial charge in [0.1, 0.15) is 6.67 Å². The molecule has 0 saturated heterocycles. The largest absolute Gasteiger partial charge is 0.480 e. The molecule has 0 aliphatic rings. The van der Waals surface area contributed by atoms with Crippen molar-refractivity contribution < 1.29 is 19.1 Å². The normalized spacial score (nSPS) is 12.5. The summed E-state index contributed by atoms with van der Waals surface area (Å²) in [5.41, 5.74) is 0. The van der Waals surface area contributed by atoms with E-state index < -0.39 is 24.6 Å². The van der Waals surface area contributed by atoms with E-state index in [0.29, 0.717) is 0 Å². The Hall–Kier alpha value is -1.13. The lowest BCUT2D eigenvalue weighted by atomic mass is 9.99. The number of hydrogen-bond acceptors (Lipinski definition) is 2. The fourth-order valence-corrected chi connectivity index (χ4v) is 1.26. The summed E-state index contributed by atoms with van der Waals surface area (Å²) in [6.07, 6.45) is 1.98. The maximum Gasteiger partial charge on any atom is 0.328 e. The van der Waals surface area contributed by atoms with Gasteiger partial charge in [0.15, 0.2) is 6.04 Å². The molecule has 0 saturated carbocycles. The average Bonchev–Trinajstić information content (AvgIpc) is 2.22. The molecule has 2 N–H and O–H groups in total. The van der Waals surface area contributed by atoms with Crippen LogP contribution in [0.2, 0.25) is 0 Å². The van der Waals surface area contributed by atoms with Crippen molar-refractivity contribution in [1.29, 1.82) is 0 Å². The van der Waals surface area contributed by atoms with Crippen molar-refractivity contribution in [3.05, 3.63) is 0 Å². The van der Waals surface area contributed by atoms with Gasteiger partial charge in [0, 0.05) is 6.42 Å². The molecule has 0 heterocycles. The van der Waals surface area contributed by atoms with Gasteiger partial charge < -0.3 is 10.4 Å². The molecular formula is C10H18FNO3. The Labute approximate surface area is 88.9 Å². The Kier molecular flexibility index (Phi) is 6.66. The van der Waals surface area contributed by atoms with Crippen LogP contribution in [0.25, 0.3) is 0 Å². The van der Waals surface area contributed by atoms with Crippen LogP contribution in [-0.2, 0) is 9.59 Å². The number of rotatable bonds is 7. The molecule has 0 aliphatic carbocycles. The number of amides is 1. The molecule has 0 aromatic carbocycles. The summed E-state index contributed by atoms with van der Waals surface area (Å²) in [5.74, 6) is -1.50. The number of aliphatic carboxylic acids is 1. The number of carbonyl (C=O) groups excluding carboxylic acids is 1. The first-order valence-corrected chi connectivity index (χ1v) is 5.13. The van der Waals surface area contributed by atoms with E-state index in [2.05, 4.69) is 5.32 Å². The van der Waals surface area contributed by atoms with Crippen LogP contribution in [0.4, 0.5) is 4.39 Å². The molecule has 1 unspecified atom stereocenters. The Morgan fingerprint density at radius 3 is 2.20 bits per heavy atom. The molecule has 0 aromatic heterocycles. The van der Waals surface area contributed by atoms with Crippen LogP contribution in [0.3, 0.4) is 0 Å². The lowest BCUT2D eigenvalue weighted by molar-refractivity contribution is -0.142. The maximum atomic E-state index is 12.2. The molecule has 1 amide bonds. The van der Waals surface area contributed by atoms with E-state index in [1.54, 1.807) is 0 Å². The van der Waals surface area contributed by atoms with Crippen molar-refractivity contribution in [3.8, 4) is 0 Å². The summed E-state index contributed by atoms with van der Waals surface area (Å²) in [4.78, 5) is 21.7. The zero-order valence-electron chi connectivity index (χ0n) is 9.12. The standard InChI is InChI=1S/C10H18FNO3/c1-3-7(4-2)5-9(13)12-8(6-11)10(14)15/h7-8H,3-6H2,1-2H3,(H,12,13)(H,14,15). The van der Waals surface area contributed by atoms with Gasteiger partial charge in [-0.05, 0) is 5.92 Å². The van der Waals surface area contributed by atoms with Crippen molar-refractivity contribution in [3.63, 3.8) is 0 Å². The van der Waals surface area contributed by atoms with E-state index in [9.17, 15) is 14.0 Å². The van der Waals surface area contributed by atoms with Crippen LogP contribution in [-0.4, -0.2) is 29.7 Å². The molecule has 0 rings (SSSR count). The summed E-state index contributed by atoms with van der Waals surface area (Å²) in [5, 5.41) is 10.7. The predicted octanol–water partition coefficient (Wildman–Crippen LogP) is 1.35. The average molecular weight is 219 g/mol. The van der Waals surface area contributed by atoms with Gasteiger partial charge >= 0.3 is 5.97 Å². The zero-order chi connectivity index (χ0) is 11.8. The Morgan fingerprint density at radius 1 is 1.33 bits per heavy atom. The van der Waals surface area contributed by atoms with Gasteiger partial charge in [-0.15, -0.1) is 0 Å². The molecule has 0 aromatic rings. The van der Waals surface area contributed by atoms with Crippen molar-refractivity contribution >= 4 is 11.9 Å². The second-order valence-electron chi connectivity index (χ2n) is 3.50. The van der Waals surface area contributed by atoms with Gasteiger partial charge in [0.05, 0.1) is 0 Å². The highest BCUT2D eigenvalue weighted by molar-refractivity contribution is 5.83. The molecule has 0 spiro atoms. The highest BCUT2D eigenvalue weighted by Gasteiger charge is 2.20. The van der Waals surface area contributed by atoms with Crippen LogP contribution < -0.4 is 5.32 Å². The fourth-order valence-electron chi connectivity index (χ4n) is 1.26.